The number of aliphatic imine (C=N–C) groups is 1. The molecule has 0 spiro atoms. The van der Waals surface area contributed by atoms with Gasteiger partial charge in [-0.2, -0.15) is 0 Å². The molecule has 1 fully saturated rings. The van der Waals surface area contributed by atoms with E-state index in [9.17, 15) is 0 Å². The molecule has 1 saturated heterocycles. The highest BCUT2D eigenvalue weighted by molar-refractivity contribution is 6.62. The van der Waals surface area contributed by atoms with E-state index in [4.69, 9.17) is 25.6 Å². The lowest BCUT2D eigenvalue weighted by Crippen LogP contribution is -2.41. The maximum atomic E-state index is 6.28. The zero-order valence-electron chi connectivity index (χ0n) is 13.5. The topological polar surface area (TPSA) is 40.0 Å². The van der Waals surface area contributed by atoms with Crippen LogP contribution < -0.4 is 5.46 Å². The zero-order valence-corrected chi connectivity index (χ0v) is 14.2. The van der Waals surface area contributed by atoms with Gasteiger partial charge in [-0.15, -0.1) is 0 Å². The highest BCUT2D eigenvalue weighted by Crippen LogP contribution is 2.36. The summed E-state index contributed by atoms with van der Waals surface area (Å²) in [7, 11) is -0.424. The van der Waals surface area contributed by atoms with Gasteiger partial charge in [0, 0.05) is 5.02 Å². The molecule has 3 rings (SSSR count). The Bertz CT molecular complexity index is 599. The van der Waals surface area contributed by atoms with Gasteiger partial charge in [0.05, 0.1) is 36.7 Å². The Morgan fingerprint density at radius 2 is 1.77 bits per heavy atom. The standard InChI is InChI=1S/C16H21BClNO3/c1-15(2)16(3,4)22-17(21-15)12-7-11(8-13(18)9-12)14-10-20-6-5-19-14/h7-9H,5-6,10H2,1-4H3. The summed E-state index contributed by atoms with van der Waals surface area (Å²) in [5, 5.41) is 0.649. The molecule has 0 radical (unpaired) electrons. The van der Waals surface area contributed by atoms with Gasteiger partial charge >= 0.3 is 7.12 Å². The molecule has 0 N–H and O–H groups in total. The lowest BCUT2D eigenvalue weighted by atomic mass is 9.78. The van der Waals surface area contributed by atoms with Crippen molar-refractivity contribution in [3.8, 4) is 0 Å². The fourth-order valence-corrected chi connectivity index (χ4v) is 2.77. The second kappa shape index (κ2) is 5.64. The normalized spacial score (nSPS) is 23.5. The van der Waals surface area contributed by atoms with Crippen molar-refractivity contribution in [2.75, 3.05) is 19.8 Å². The summed E-state index contributed by atoms with van der Waals surface area (Å²) in [6, 6.07) is 5.82. The Labute approximate surface area is 137 Å². The predicted molar refractivity (Wildman–Crippen MR) is 89.4 cm³/mol. The van der Waals surface area contributed by atoms with Crippen LogP contribution in [0.1, 0.15) is 33.3 Å². The van der Waals surface area contributed by atoms with E-state index in [0.29, 0.717) is 24.8 Å². The van der Waals surface area contributed by atoms with Gasteiger partial charge < -0.3 is 14.0 Å². The molecule has 0 bridgehead atoms. The first kappa shape index (κ1) is 16.0. The van der Waals surface area contributed by atoms with Crippen molar-refractivity contribution in [2.45, 2.75) is 38.9 Å². The minimum absolute atomic E-state index is 0.369. The molecule has 1 aromatic carbocycles. The Morgan fingerprint density at radius 3 is 2.36 bits per heavy atom. The number of nitrogens with zero attached hydrogens (tertiary/aromatic N) is 1. The van der Waals surface area contributed by atoms with E-state index in [0.717, 1.165) is 16.7 Å². The molecule has 0 saturated carbocycles. The molecule has 2 heterocycles. The average Bonchev–Trinajstić information content (AvgIpc) is 2.68. The Balaban J connectivity index is 1.92. The van der Waals surface area contributed by atoms with Crippen molar-refractivity contribution in [1.29, 1.82) is 0 Å². The fourth-order valence-electron chi connectivity index (χ4n) is 2.53. The molecule has 0 aliphatic carbocycles. The zero-order chi connectivity index (χ0) is 16.0. The lowest BCUT2D eigenvalue weighted by molar-refractivity contribution is 0.00578. The second-order valence-corrected chi connectivity index (χ2v) is 7.18. The third kappa shape index (κ3) is 2.95. The van der Waals surface area contributed by atoms with Gasteiger partial charge in [-0.25, -0.2) is 0 Å². The van der Waals surface area contributed by atoms with E-state index in [-0.39, 0.29) is 11.2 Å². The first-order valence-electron chi connectivity index (χ1n) is 7.56. The van der Waals surface area contributed by atoms with Crippen molar-refractivity contribution in [1.82, 2.24) is 0 Å². The van der Waals surface area contributed by atoms with Crippen LogP contribution in [0.25, 0.3) is 0 Å². The summed E-state index contributed by atoms with van der Waals surface area (Å²) in [5.74, 6) is 0. The molecular formula is C16H21BClNO3. The average molecular weight is 322 g/mol. The van der Waals surface area contributed by atoms with Crippen LogP contribution in [-0.2, 0) is 14.0 Å². The van der Waals surface area contributed by atoms with E-state index in [1.165, 1.54) is 0 Å². The first-order valence-corrected chi connectivity index (χ1v) is 7.94. The monoisotopic (exact) mass is 321 g/mol. The van der Waals surface area contributed by atoms with Crippen LogP contribution in [0.15, 0.2) is 23.2 Å². The Kier molecular flexibility index (Phi) is 4.10. The number of halogens is 1. The van der Waals surface area contributed by atoms with Gasteiger partial charge in [0.15, 0.2) is 0 Å². The Hall–Kier alpha value is -0.875. The van der Waals surface area contributed by atoms with Crippen LogP contribution in [0.3, 0.4) is 0 Å². The molecule has 22 heavy (non-hydrogen) atoms. The largest absolute Gasteiger partial charge is 0.494 e. The fraction of sp³-hybridized carbons (Fsp3) is 0.562. The van der Waals surface area contributed by atoms with Crippen molar-refractivity contribution in [3.05, 3.63) is 28.8 Å². The van der Waals surface area contributed by atoms with Gasteiger partial charge in [-0.3, -0.25) is 4.99 Å². The van der Waals surface area contributed by atoms with E-state index >= 15 is 0 Å². The minimum atomic E-state index is -0.424. The molecular weight excluding hydrogens is 300 g/mol. The van der Waals surface area contributed by atoms with Crippen molar-refractivity contribution >= 4 is 29.9 Å². The summed E-state index contributed by atoms with van der Waals surface area (Å²) < 4.78 is 17.7. The van der Waals surface area contributed by atoms with Crippen LogP contribution in [0, 0.1) is 0 Å². The van der Waals surface area contributed by atoms with Crippen molar-refractivity contribution in [3.63, 3.8) is 0 Å². The van der Waals surface area contributed by atoms with Crippen molar-refractivity contribution < 1.29 is 14.0 Å². The summed E-state index contributed by atoms with van der Waals surface area (Å²) in [5.41, 5.74) is 2.06. The first-order chi connectivity index (χ1) is 10.3. The van der Waals surface area contributed by atoms with Gasteiger partial charge in [-0.05, 0) is 50.9 Å². The predicted octanol–water partition coefficient (Wildman–Crippen LogP) is 2.46. The smallest absolute Gasteiger partial charge is 0.399 e. The molecule has 118 valence electrons. The quantitative estimate of drug-likeness (QED) is 0.786. The highest BCUT2D eigenvalue weighted by atomic mass is 35.5. The number of hydrogen-bond acceptors (Lipinski definition) is 4. The highest BCUT2D eigenvalue weighted by Gasteiger charge is 2.51. The number of ether oxygens (including phenoxy) is 1. The van der Waals surface area contributed by atoms with E-state index in [1.54, 1.807) is 0 Å². The molecule has 6 heteroatoms. The van der Waals surface area contributed by atoms with E-state index in [1.807, 2.05) is 45.9 Å². The van der Waals surface area contributed by atoms with Crippen LogP contribution in [0.2, 0.25) is 5.02 Å². The van der Waals surface area contributed by atoms with E-state index in [2.05, 4.69) is 4.99 Å². The van der Waals surface area contributed by atoms with Crippen LogP contribution in [-0.4, -0.2) is 43.8 Å². The number of hydrogen-bond donors (Lipinski definition) is 0. The molecule has 0 amide bonds. The van der Waals surface area contributed by atoms with E-state index < -0.39 is 7.12 Å². The van der Waals surface area contributed by atoms with Crippen LogP contribution >= 0.6 is 11.6 Å². The summed E-state index contributed by atoms with van der Waals surface area (Å²) >= 11 is 6.28. The summed E-state index contributed by atoms with van der Waals surface area (Å²) in [6.07, 6.45) is 0. The van der Waals surface area contributed by atoms with Crippen LogP contribution in [0.4, 0.5) is 0 Å². The Morgan fingerprint density at radius 1 is 1.09 bits per heavy atom. The number of benzene rings is 1. The molecule has 0 atom stereocenters. The molecule has 0 unspecified atom stereocenters. The molecule has 2 aliphatic rings. The van der Waals surface area contributed by atoms with Gasteiger partial charge in [0.2, 0.25) is 0 Å². The van der Waals surface area contributed by atoms with Gasteiger partial charge in [0.25, 0.3) is 0 Å². The summed E-state index contributed by atoms with van der Waals surface area (Å²) in [4.78, 5) is 4.52. The third-order valence-corrected chi connectivity index (χ3v) is 4.77. The van der Waals surface area contributed by atoms with Crippen LogP contribution in [0.5, 0.6) is 0 Å². The number of rotatable bonds is 2. The lowest BCUT2D eigenvalue weighted by Gasteiger charge is -2.32. The maximum absolute atomic E-state index is 6.28. The molecule has 2 aliphatic heterocycles. The SMILES string of the molecule is CC1(C)OB(c2cc(Cl)cc(C3=NCCOC3)c2)OC1(C)C. The second-order valence-electron chi connectivity index (χ2n) is 6.74. The van der Waals surface area contributed by atoms with Gasteiger partial charge in [0.1, 0.15) is 0 Å². The minimum Gasteiger partial charge on any atom is -0.399 e. The molecule has 1 aromatic rings. The molecule has 0 aromatic heterocycles. The van der Waals surface area contributed by atoms with Crippen molar-refractivity contribution in [2.24, 2.45) is 4.99 Å². The van der Waals surface area contributed by atoms with Gasteiger partial charge in [-0.1, -0.05) is 17.7 Å². The molecule has 4 nitrogen and oxygen atoms in total. The maximum Gasteiger partial charge on any atom is 0.494 e. The summed E-state index contributed by atoms with van der Waals surface area (Å²) in [6.45, 7) is 10.0. The third-order valence-electron chi connectivity index (χ3n) is 4.56.